The van der Waals surface area contributed by atoms with E-state index in [2.05, 4.69) is 42.4 Å². The lowest BCUT2D eigenvalue weighted by atomic mass is 9.73. The smallest absolute Gasteiger partial charge is 0.0667 e. The molecular formula is C16H20N2O. The Morgan fingerprint density at radius 1 is 1.42 bits per heavy atom. The number of hydrogen-bond acceptors (Lipinski definition) is 2. The van der Waals surface area contributed by atoms with Crippen molar-refractivity contribution in [3.63, 3.8) is 0 Å². The minimum absolute atomic E-state index is 0.289. The van der Waals surface area contributed by atoms with E-state index in [1.165, 1.54) is 11.1 Å². The van der Waals surface area contributed by atoms with Crippen molar-refractivity contribution < 1.29 is 5.11 Å². The average molecular weight is 256 g/mol. The zero-order valence-electron chi connectivity index (χ0n) is 11.5. The van der Waals surface area contributed by atoms with Crippen LogP contribution in [0.1, 0.15) is 35.4 Å². The number of aryl methyl sites for hydroxylation is 2. The first-order valence-corrected chi connectivity index (χ1v) is 6.98. The SMILES string of the molecule is CCn1nc(C)cc1CC(O)C1Cc2ccccc21. The van der Waals surface area contributed by atoms with Gasteiger partial charge in [-0.1, -0.05) is 24.3 Å². The molecule has 0 fully saturated rings. The maximum Gasteiger partial charge on any atom is 0.0667 e. The highest BCUT2D eigenvalue weighted by molar-refractivity contribution is 5.41. The van der Waals surface area contributed by atoms with Gasteiger partial charge in [-0.05, 0) is 37.5 Å². The predicted octanol–water partition coefficient (Wildman–Crippen LogP) is 2.45. The molecule has 3 nitrogen and oxygen atoms in total. The quantitative estimate of drug-likeness (QED) is 0.912. The van der Waals surface area contributed by atoms with Crippen LogP contribution in [0.2, 0.25) is 0 Å². The summed E-state index contributed by atoms with van der Waals surface area (Å²) in [6.45, 7) is 4.94. The molecule has 0 aliphatic heterocycles. The van der Waals surface area contributed by atoms with Gasteiger partial charge < -0.3 is 5.11 Å². The second-order valence-corrected chi connectivity index (χ2v) is 5.37. The van der Waals surface area contributed by atoms with E-state index in [1.807, 2.05) is 11.6 Å². The highest BCUT2D eigenvalue weighted by Gasteiger charge is 2.32. The minimum atomic E-state index is -0.309. The molecule has 0 saturated heterocycles. The zero-order chi connectivity index (χ0) is 13.4. The summed E-state index contributed by atoms with van der Waals surface area (Å²) in [4.78, 5) is 0. The Bertz CT molecular complexity index is 588. The summed E-state index contributed by atoms with van der Waals surface area (Å²) in [6.07, 6.45) is 1.38. The number of rotatable bonds is 4. The molecule has 1 aliphatic carbocycles. The van der Waals surface area contributed by atoms with E-state index in [4.69, 9.17) is 0 Å². The molecule has 0 amide bonds. The molecular weight excluding hydrogens is 236 g/mol. The van der Waals surface area contributed by atoms with Gasteiger partial charge in [0.1, 0.15) is 0 Å². The monoisotopic (exact) mass is 256 g/mol. The fraction of sp³-hybridized carbons (Fsp3) is 0.438. The number of aliphatic hydroxyl groups excluding tert-OH is 1. The van der Waals surface area contributed by atoms with E-state index in [1.54, 1.807) is 0 Å². The summed E-state index contributed by atoms with van der Waals surface area (Å²) in [5.74, 6) is 0.289. The van der Waals surface area contributed by atoms with Crippen LogP contribution in [0.25, 0.3) is 0 Å². The lowest BCUT2D eigenvalue weighted by Crippen LogP contribution is -2.31. The first-order chi connectivity index (χ1) is 9.19. The highest BCUT2D eigenvalue weighted by Crippen LogP contribution is 2.38. The van der Waals surface area contributed by atoms with Gasteiger partial charge in [0.2, 0.25) is 0 Å². The Labute approximate surface area is 113 Å². The van der Waals surface area contributed by atoms with E-state index in [0.717, 1.165) is 24.4 Å². The predicted molar refractivity (Wildman–Crippen MR) is 75.2 cm³/mol. The van der Waals surface area contributed by atoms with Crippen LogP contribution in [0.3, 0.4) is 0 Å². The van der Waals surface area contributed by atoms with Crippen LogP contribution < -0.4 is 0 Å². The molecule has 19 heavy (non-hydrogen) atoms. The number of aromatic nitrogens is 2. The van der Waals surface area contributed by atoms with Crippen molar-refractivity contribution in [1.82, 2.24) is 9.78 Å². The maximum absolute atomic E-state index is 10.5. The van der Waals surface area contributed by atoms with Gasteiger partial charge in [-0.2, -0.15) is 5.10 Å². The summed E-state index contributed by atoms with van der Waals surface area (Å²) in [6, 6.07) is 10.5. The molecule has 1 aromatic carbocycles. The molecule has 100 valence electrons. The Hall–Kier alpha value is -1.61. The van der Waals surface area contributed by atoms with Gasteiger partial charge in [-0.3, -0.25) is 4.68 Å². The Kier molecular flexibility index (Phi) is 3.15. The summed E-state index contributed by atoms with van der Waals surface area (Å²) in [5.41, 5.74) is 4.86. The average Bonchev–Trinajstić information content (AvgIpc) is 2.71. The van der Waals surface area contributed by atoms with Crippen LogP contribution in [-0.2, 0) is 19.4 Å². The number of nitrogens with zero attached hydrogens (tertiary/aromatic N) is 2. The minimum Gasteiger partial charge on any atom is -0.392 e. The third kappa shape index (κ3) is 2.19. The van der Waals surface area contributed by atoms with Crippen molar-refractivity contribution in [2.24, 2.45) is 0 Å². The second-order valence-electron chi connectivity index (χ2n) is 5.37. The Morgan fingerprint density at radius 2 is 2.21 bits per heavy atom. The molecule has 0 spiro atoms. The van der Waals surface area contributed by atoms with Crippen molar-refractivity contribution >= 4 is 0 Å². The van der Waals surface area contributed by atoms with Crippen molar-refractivity contribution in [1.29, 1.82) is 0 Å². The highest BCUT2D eigenvalue weighted by atomic mass is 16.3. The lowest BCUT2D eigenvalue weighted by Gasteiger charge is -2.33. The Morgan fingerprint density at radius 3 is 2.95 bits per heavy atom. The van der Waals surface area contributed by atoms with Crippen LogP contribution in [0, 0.1) is 6.92 Å². The van der Waals surface area contributed by atoms with Crippen LogP contribution in [0.4, 0.5) is 0 Å². The second kappa shape index (κ2) is 4.82. The van der Waals surface area contributed by atoms with Crippen LogP contribution in [0.15, 0.2) is 30.3 Å². The van der Waals surface area contributed by atoms with Gasteiger partial charge in [0.25, 0.3) is 0 Å². The van der Waals surface area contributed by atoms with Crippen molar-refractivity contribution in [3.05, 3.63) is 52.8 Å². The molecule has 1 aromatic heterocycles. The van der Waals surface area contributed by atoms with Gasteiger partial charge in [-0.25, -0.2) is 0 Å². The molecule has 3 rings (SSSR count). The Balaban J connectivity index is 1.74. The molecule has 0 radical (unpaired) electrons. The van der Waals surface area contributed by atoms with Crippen molar-refractivity contribution in [3.8, 4) is 0 Å². The van der Waals surface area contributed by atoms with E-state index >= 15 is 0 Å². The van der Waals surface area contributed by atoms with Crippen LogP contribution in [0.5, 0.6) is 0 Å². The molecule has 0 saturated carbocycles. The summed E-state index contributed by atoms with van der Waals surface area (Å²) < 4.78 is 1.99. The lowest BCUT2D eigenvalue weighted by molar-refractivity contribution is 0.131. The third-order valence-corrected chi connectivity index (χ3v) is 4.06. The first-order valence-electron chi connectivity index (χ1n) is 6.98. The molecule has 2 aromatic rings. The standard InChI is InChI=1S/C16H20N2O/c1-3-18-13(8-11(2)17-18)10-16(19)15-9-12-6-4-5-7-14(12)15/h4-8,15-16,19H,3,9-10H2,1-2H3. The van der Waals surface area contributed by atoms with Gasteiger partial charge in [0.15, 0.2) is 0 Å². The molecule has 2 atom stereocenters. The first kappa shape index (κ1) is 12.4. The van der Waals surface area contributed by atoms with Crippen molar-refractivity contribution in [2.45, 2.75) is 45.3 Å². The molecule has 1 aliphatic rings. The summed E-state index contributed by atoms with van der Waals surface area (Å²) >= 11 is 0. The molecule has 0 bridgehead atoms. The number of hydrogen-bond donors (Lipinski definition) is 1. The zero-order valence-corrected chi connectivity index (χ0v) is 11.5. The molecule has 2 unspecified atom stereocenters. The normalized spacial score (nSPS) is 18.8. The van der Waals surface area contributed by atoms with Crippen LogP contribution in [-0.4, -0.2) is 21.0 Å². The van der Waals surface area contributed by atoms with Gasteiger partial charge in [0, 0.05) is 24.6 Å². The molecule has 1 heterocycles. The van der Waals surface area contributed by atoms with Gasteiger partial charge in [-0.15, -0.1) is 0 Å². The topological polar surface area (TPSA) is 38.0 Å². The van der Waals surface area contributed by atoms with E-state index < -0.39 is 0 Å². The molecule has 3 heteroatoms. The van der Waals surface area contributed by atoms with E-state index in [-0.39, 0.29) is 12.0 Å². The fourth-order valence-corrected chi connectivity index (χ4v) is 3.03. The van der Waals surface area contributed by atoms with Gasteiger partial charge >= 0.3 is 0 Å². The summed E-state index contributed by atoms with van der Waals surface area (Å²) in [7, 11) is 0. The fourth-order valence-electron chi connectivity index (χ4n) is 3.03. The van der Waals surface area contributed by atoms with E-state index in [0.29, 0.717) is 6.42 Å². The number of aliphatic hydroxyl groups is 1. The van der Waals surface area contributed by atoms with Crippen molar-refractivity contribution in [2.75, 3.05) is 0 Å². The largest absolute Gasteiger partial charge is 0.392 e. The van der Waals surface area contributed by atoms with Crippen LogP contribution >= 0.6 is 0 Å². The third-order valence-electron chi connectivity index (χ3n) is 4.06. The van der Waals surface area contributed by atoms with E-state index in [9.17, 15) is 5.11 Å². The number of fused-ring (bicyclic) bond motifs is 1. The molecule has 1 N–H and O–H groups in total. The summed E-state index contributed by atoms with van der Waals surface area (Å²) in [5, 5.41) is 14.9. The van der Waals surface area contributed by atoms with Gasteiger partial charge in [0.05, 0.1) is 11.8 Å². The maximum atomic E-state index is 10.5. The number of benzene rings is 1.